The van der Waals surface area contributed by atoms with Crippen LogP contribution < -0.4 is 10.7 Å². The molecular weight excluding hydrogens is 406 g/mol. The lowest BCUT2D eigenvalue weighted by Gasteiger charge is -2.08. The number of ether oxygens (including phenoxy) is 1. The molecule has 0 aliphatic rings. The van der Waals surface area contributed by atoms with Gasteiger partial charge in [-0.25, -0.2) is 10.2 Å². The summed E-state index contributed by atoms with van der Waals surface area (Å²) in [5.74, 6) is 0.188. The number of carbonyl (C=O) groups excluding carboxylic acids is 2. The van der Waals surface area contributed by atoms with E-state index in [0.717, 1.165) is 16.5 Å². The molecule has 0 radical (unpaired) electrons. The number of amides is 1. The summed E-state index contributed by atoms with van der Waals surface area (Å²) in [5.41, 5.74) is 4.36. The molecule has 0 aliphatic heterocycles. The Bertz CT molecular complexity index is 1290. The van der Waals surface area contributed by atoms with Gasteiger partial charge in [-0.05, 0) is 29.7 Å². The molecule has 0 bridgehead atoms. The zero-order valence-corrected chi connectivity index (χ0v) is 17.4. The molecule has 7 nitrogen and oxygen atoms in total. The molecule has 4 aromatic rings. The second-order valence-corrected chi connectivity index (χ2v) is 6.91. The van der Waals surface area contributed by atoms with Crippen molar-refractivity contribution in [1.82, 2.24) is 5.43 Å². The third-order valence-electron chi connectivity index (χ3n) is 4.83. The van der Waals surface area contributed by atoms with Crippen LogP contribution in [0.3, 0.4) is 0 Å². The van der Waals surface area contributed by atoms with Crippen LogP contribution in [-0.2, 0) is 9.53 Å². The molecule has 0 unspecified atom stereocenters. The first-order valence-electron chi connectivity index (χ1n) is 9.97. The van der Waals surface area contributed by atoms with E-state index in [1.54, 1.807) is 36.4 Å². The molecule has 1 aromatic heterocycles. The minimum absolute atomic E-state index is 0.0707. The third kappa shape index (κ3) is 4.67. The lowest BCUT2D eigenvalue weighted by atomic mass is 10.1. The summed E-state index contributed by atoms with van der Waals surface area (Å²) in [7, 11) is 1.33. The third-order valence-corrected chi connectivity index (χ3v) is 4.83. The number of nitrogens with zero attached hydrogens (tertiary/aromatic N) is 1. The summed E-state index contributed by atoms with van der Waals surface area (Å²) >= 11 is 0. The van der Waals surface area contributed by atoms with Gasteiger partial charge in [0.25, 0.3) is 5.91 Å². The highest BCUT2D eigenvalue weighted by Crippen LogP contribution is 2.26. The maximum atomic E-state index is 12.2. The number of furan rings is 1. The Kier molecular flexibility index (Phi) is 6.27. The molecule has 7 heteroatoms. The average molecular weight is 427 g/mol. The van der Waals surface area contributed by atoms with Gasteiger partial charge in [-0.3, -0.25) is 4.79 Å². The number of hydrogen-bond donors (Lipinski definition) is 2. The number of hydrazone groups is 1. The predicted molar refractivity (Wildman–Crippen MR) is 124 cm³/mol. The van der Waals surface area contributed by atoms with E-state index in [1.807, 2.05) is 42.5 Å². The summed E-state index contributed by atoms with van der Waals surface area (Å²) in [4.78, 5) is 24.1. The maximum absolute atomic E-state index is 12.2. The molecule has 32 heavy (non-hydrogen) atoms. The van der Waals surface area contributed by atoms with E-state index < -0.39 is 5.97 Å². The fraction of sp³-hybridized carbons (Fsp3) is 0.0800. The summed E-state index contributed by atoms with van der Waals surface area (Å²) in [6.07, 6.45) is 1.40. The van der Waals surface area contributed by atoms with Gasteiger partial charge >= 0.3 is 5.97 Å². The highest BCUT2D eigenvalue weighted by Gasteiger charge is 2.15. The fourth-order valence-electron chi connectivity index (χ4n) is 3.32. The van der Waals surface area contributed by atoms with Crippen molar-refractivity contribution in [3.63, 3.8) is 0 Å². The van der Waals surface area contributed by atoms with Gasteiger partial charge in [-0.1, -0.05) is 54.6 Å². The van der Waals surface area contributed by atoms with Crippen molar-refractivity contribution in [2.24, 2.45) is 5.10 Å². The number of rotatable bonds is 7. The molecule has 4 rings (SSSR count). The number of fused-ring (bicyclic) bond motifs is 1. The van der Waals surface area contributed by atoms with Crippen LogP contribution in [0.2, 0.25) is 0 Å². The Morgan fingerprint density at radius 1 is 0.969 bits per heavy atom. The van der Waals surface area contributed by atoms with Crippen molar-refractivity contribution in [3.8, 4) is 11.3 Å². The van der Waals surface area contributed by atoms with E-state index in [1.165, 1.54) is 13.3 Å². The minimum Gasteiger partial charge on any atom is -0.465 e. The van der Waals surface area contributed by atoms with Crippen LogP contribution in [0, 0.1) is 0 Å². The van der Waals surface area contributed by atoms with Gasteiger partial charge in [0.15, 0.2) is 0 Å². The highest BCUT2D eigenvalue weighted by atomic mass is 16.5. The van der Waals surface area contributed by atoms with Crippen LogP contribution in [0.1, 0.15) is 16.1 Å². The van der Waals surface area contributed by atoms with Gasteiger partial charge < -0.3 is 14.5 Å². The lowest BCUT2D eigenvalue weighted by molar-refractivity contribution is -0.119. The standard InChI is InChI=1S/C25H21N3O4/c1-31-25(30)21-11-5-4-10-20(21)23-14-13-18(32-23)15-27-28-24(29)16-26-22-12-6-8-17-7-2-3-9-19(17)22/h2-15,26H,16H2,1H3,(H,28,29)/b27-15-. The van der Waals surface area contributed by atoms with Crippen LogP contribution in [0.4, 0.5) is 5.69 Å². The second kappa shape index (κ2) is 9.61. The SMILES string of the molecule is COC(=O)c1ccccc1-c1ccc(/C=N\NC(=O)CNc2cccc3ccccc23)o1. The van der Waals surface area contributed by atoms with Crippen LogP contribution in [0.5, 0.6) is 0 Å². The van der Waals surface area contributed by atoms with E-state index in [2.05, 4.69) is 15.8 Å². The van der Waals surface area contributed by atoms with Crippen LogP contribution >= 0.6 is 0 Å². The molecule has 0 saturated heterocycles. The number of carbonyl (C=O) groups is 2. The molecule has 0 spiro atoms. The molecule has 0 saturated carbocycles. The summed E-state index contributed by atoms with van der Waals surface area (Å²) in [5, 5.41) is 9.22. The Hall–Kier alpha value is -4.39. The van der Waals surface area contributed by atoms with Gasteiger partial charge in [0.1, 0.15) is 11.5 Å². The number of anilines is 1. The van der Waals surface area contributed by atoms with Crippen LogP contribution in [0.15, 0.2) is 88.4 Å². The molecule has 1 heterocycles. The van der Waals surface area contributed by atoms with Crippen LogP contribution in [0.25, 0.3) is 22.1 Å². The predicted octanol–water partition coefficient (Wildman–Crippen LogP) is 4.45. The Morgan fingerprint density at radius 3 is 2.62 bits per heavy atom. The number of esters is 1. The number of benzene rings is 3. The highest BCUT2D eigenvalue weighted by molar-refractivity contribution is 5.97. The molecule has 2 N–H and O–H groups in total. The van der Waals surface area contributed by atoms with Gasteiger partial charge in [0.2, 0.25) is 0 Å². The summed E-state index contributed by atoms with van der Waals surface area (Å²) in [6.45, 7) is 0.0707. The molecule has 0 aliphatic carbocycles. The summed E-state index contributed by atoms with van der Waals surface area (Å²) < 4.78 is 10.6. The molecule has 160 valence electrons. The Morgan fingerprint density at radius 2 is 1.75 bits per heavy atom. The Labute approximate surface area is 184 Å². The van der Waals surface area contributed by atoms with Gasteiger partial charge in [-0.15, -0.1) is 0 Å². The van der Waals surface area contributed by atoms with Crippen molar-refractivity contribution < 1.29 is 18.7 Å². The first kappa shape index (κ1) is 20.9. The first-order valence-corrected chi connectivity index (χ1v) is 9.97. The van der Waals surface area contributed by atoms with Crippen molar-refractivity contribution in [2.45, 2.75) is 0 Å². The Balaban J connectivity index is 1.36. The molecular formula is C25H21N3O4. The minimum atomic E-state index is -0.446. The molecule has 0 atom stereocenters. The maximum Gasteiger partial charge on any atom is 0.338 e. The van der Waals surface area contributed by atoms with E-state index in [0.29, 0.717) is 22.6 Å². The lowest BCUT2D eigenvalue weighted by Crippen LogP contribution is -2.25. The van der Waals surface area contributed by atoms with Crippen molar-refractivity contribution >= 4 is 34.6 Å². The van der Waals surface area contributed by atoms with E-state index in [9.17, 15) is 9.59 Å². The number of methoxy groups -OCH3 is 1. The monoisotopic (exact) mass is 427 g/mol. The van der Waals surface area contributed by atoms with Crippen molar-refractivity contribution in [3.05, 3.63) is 90.2 Å². The van der Waals surface area contributed by atoms with E-state index in [-0.39, 0.29) is 12.5 Å². The largest absolute Gasteiger partial charge is 0.465 e. The van der Waals surface area contributed by atoms with Gasteiger partial charge in [0.05, 0.1) is 25.4 Å². The normalized spacial score (nSPS) is 10.9. The van der Waals surface area contributed by atoms with Crippen molar-refractivity contribution in [2.75, 3.05) is 19.0 Å². The van der Waals surface area contributed by atoms with Gasteiger partial charge in [0, 0.05) is 16.6 Å². The quantitative estimate of drug-likeness (QED) is 0.258. The van der Waals surface area contributed by atoms with E-state index >= 15 is 0 Å². The molecule has 1 amide bonds. The second-order valence-electron chi connectivity index (χ2n) is 6.91. The molecule has 3 aromatic carbocycles. The number of nitrogens with one attached hydrogen (secondary N) is 2. The average Bonchev–Trinajstić information content (AvgIpc) is 3.31. The topological polar surface area (TPSA) is 92.9 Å². The van der Waals surface area contributed by atoms with Crippen molar-refractivity contribution in [1.29, 1.82) is 0 Å². The smallest absolute Gasteiger partial charge is 0.338 e. The van der Waals surface area contributed by atoms with E-state index in [4.69, 9.17) is 9.15 Å². The van der Waals surface area contributed by atoms with Gasteiger partial charge in [-0.2, -0.15) is 5.10 Å². The first-order chi connectivity index (χ1) is 15.7. The zero-order valence-electron chi connectivity index (χ0n) is 17.4. The zero-order chi connectivity index (χ0) is 22.3. The summed E-state index contributed by atoms with van der Waals surface area (Å²) in [6, 6.07) is 24.3. The molecule has 0 fully saturated rings. The van der Waals surface area contributed by atoms with Crippen LogP contribution in [-0.4, -0.2) is 31.7 Å². The fourth-order valence-corrected chi connectivity index (χ4v) is 3.32. The number of hydrogen-bond acceptors (Lipinski definition) is 6.